The van der Waals surface area contributed by atoms with Crippen molar-refractivity contribution in [3.05, 3.63) is 54.1 Å². The van der Waals surface area contributed by atoms with Gasteiger partial charge in [0.1, 0.15) is 0 Å². The zero-order chi connectivity index (χ0) is 19.9. The van der Waals surface area contributed by atoms with Crippen molar-refractivity contribution in [1.29, 1.82) is 0 Å². The molecule has 0 aliphatic rings. The summed E-state index contributed by atoms with van der Waals surface area (Å²) in [5.74, 6) is 0.816. The smallest absolute Gasteiger partial charge is 0.238 e. The molecule has 0 aliphatic carbocycles. The van der Waals surface area contributed by atoms with E-state index in [-0.39, 0.29) is 16.6 Å². The number of thioether (sulfide) groups is 1. The molecule has 0 aromatic heterocycles. The molecule has 0 spiro atoms. The summed E-state index contributed by atoms with van der Waals surface area (Å²) in [6, 6.07) is 14.5. The third kappa shape index (κ3) is 6.27. The minimum absolute atomic E-state index is 0.0226. The Balaban J connectivity index is 2.12. The number of nitrogens with two attached hydrogens (primary N) is 1. The van der Waals surface area contributed by atoms with Gasteiger partial charge in [0, 0.05) is 18.8 Å². The molecule has 0 heterocycles. The number of nitrogens with zero attached hydrogens (tertiary/aromatic N) is 1. The normalized spacial score (nSPS) is 11.2. The summed E-state index contributed by atoms with van der Waals surface area (Å²) in [5, 5.41) is 8.07. The van der Waals surface area contributed by atoms with Crippen molar-refractivity contribution in [2.75, 3.05) is 29.1 Å². The highest BCUT2D eigenvalue weighted by Gasteiger charge is 2.16. The number of hydrogen-bond donors (Lipinski definition) is 2. The van der Waals surface area contributed by atoms with Crippen molar-refractivity contribution >= 4 is 39.1 Å². The lowest BCUT2D eigenvalue weighted by Crippen LogP contribution is -2.25. The Morgan fingerprint density at radius 1 is 1.11 bits per heavy atom. The maximum atomic E-state index is 12.4. The Morgan fingerprint density at radius 2 is 1.78 bits per heavy atom. The van der Waals surface area contributed by atoms with Crippen LogP contribution < -0.4 is 15.4 Å². The predicted octanol–water partition coefficient (Wildman–Crippen LogP) is 3.05. The zero-order valence-electron chi connectivity index (χ0n) is 15.5. The number of amides is 1. The predicted molar refractivity (Wildman–Crippen MR) is 113 cm³/mol. The van der Waals surface area contributed by atoms with Gasteiger partial charge in [-0.1, -0.05) is 30.3 Å². The van der Waals surface area contributed by atoms with Gasteiger partial charge in [-0.05, 0) is 37.6 Å². The Morgan fingerprint density at radius 3 is 2.37 bits per heavy atom. The number of nitrogens with one attached hydrogen (secondary N) is 1. The van der Waals surface area contributed by atoms with Gasteiger partial charge in [0.25, 0.3) is 0 Å². The third-order valence-electron chi connectivity index (χ3n) is 4.02. The number of anilines is 2. The van der Waals surface area contributed by atoms with Crippen LogP contribution in [0.25, 0.3) is 0 Å². The minimum Gasteiger partial charge on any atom is -0.370 e. The molecule has 0 radical (unpaired) electrons. The fourth-order valence-electron chi connectivity index (χ4n) is 2.65. The molecule has 0 unspecified atom stereocenters. The summed E-state index contributed by atoms with van der Waals surface area (Å²) in [5.41, 5.74) is 2.37. The van der Waals surface area contributed by atoms with Crippen LogP contribution in [-0.4, -0.2) is 33.2 Å². The first-order chi connectivity index (χ1) is 12.8. The highest BCUT2D eigenvalue weighted by Crippen LogP contribution is 2.29. The number of benzene rings is 2. The van der Waals surface area contributed by atoms with Crippen LogP contribution in [0.15, 0.2) is 53.4 Å². The van der Waals surface area contributed by atoms with Crippen LogP contribution in [0.3, 0.4) is 0 Å². The van der Waals surface area contributed by atoms with Crippen LogP contribution >= 0.6 is 11.8 Å². The van der Waals surface area contributed by atoms with Crippen molar-refractivity contribution in [3.8, 4) is 0 Å². The first-order valence-corrected chi connectivity index (χ1v) is 11.4. The van der Waals surface area contributed by atoms with E-state index >= 15 is 0 Å². The second kappa shape index (κ2) is 9.77. The summed E-state index contributed by atoms with van der Waals surface area (Å²) in [6.07, 6.45) is 0. The molecule has 0 saturated heterocycles. The summed E-state index contributed by atoms with van der Waals surface area (Å²) in [7, 11) is -3.85. The molecule has 0 atom stereocenters. The maximum absolute atomic E-state index is 12.4. The van der Waals surface area contributed by atoms with Crippen LogP contribution in [0, 0.1) is 0 Å². The number of carbonyl (C=O) groups excluding carboxylic acids is 1. The van der Waals surface area contributed by atoms with Crippen molar-refractivity contribution in [2.24, 2.45) is 5.14 Å². The van der Waals surface area contributed by atoms with E-state index in [1.54, 1.807) is 6.07 Å². The molecule has 2 rings (SSSR count). The van der Waals surface area contributed by atoms with Gasteiger partial charge in [0.15, 0.2) is 0 Å². The van der Waals surface area contributed by atoms with E-state index in [4.69, 9.17) is 5.14 Å². The van der Waals surface area contributed by atoms with E-state index in [1.807, 2.05) is 49.1 Å². The average Bonchev–Trinajstić information content (AvgIpc) is 2.64. The number of primary sulfonamides is 1. The van der Waals surface area contributed by atoms with Gasteiger partial charge in [0.2, 0.25) is 15.9 Å². The Kier molecular flexibility index (Phi) is 7.70. The van der Waals surface area contributed by atoms with Crippen LogP contribution in [0.1, 0.15) is 19.4 Å². The van der Waals surface area contributed by atoms with E-state index in [0.29, 0.717) is 5.69 Å². The molecule has 0 aliphatic heterocycles. The van der Waals surface area contributed by atoms with Crippen molar-refractivity contribution in [1.82, 2.24) is 0 Å². The van der Waals surface area contributed by atoms with Crippen LogP contribution in [-0.2, 0) is 20.6 Å². The molecule has 3 N–H and O–H groups in total. The van der Waals surface area contributed by atoms with Gasteiger partial charge < -0.3 is 10.2 Å². The Hall–Kier alpha value is -2.03. The second-order valence-electron chi connectivity index (χ2n) is 5.92. The Bertz CT molecular complexity index is 867. The molecule has 27 heavy (non-hydrogen) atoms. The lowest BCUT2D eigenvalue weighted by molar-refractivity contribution is -0.113. The van der Waals surface area contributed by atoms with Gasteiger partial charge >= 0.3 is 0 Å². The van der Waals surface area contributed by atoms with E-state index in [9.17, 15) is 13.2 Å². The first-order valence-electron chi connectivity index (χ1n) is 8.68. The van der Waals surface area contributed by atoms with Gasteiger partial charge in [-0.2, -0.15) is 0 Å². The number of rotatable bonds is 9. The third-order valence-corrected chi connectivity index (χ3v) is 5.93. The SMILES string of the molecule is CCN(CC)c1ccc(S(N)(=O)=O)cc1NC(=O)CSCc1ccccc1. The molecule has 0 bridgehead atoms. The molecular weight excluding hydrogens is 382 g/mol. The maximum Gasteiger partial charge on any atom is 0.238 e. The van der Waals surface area contributed by atoms with Gasteiger partial charge in [-0.3, -0.25) is 4.79 Å². The zero-order valence-corrected chi connectivity index (χ0v) is 17.1. The topological polar surface area (TPSA) is 92.5 Å². The van der Waals surface area contributed by atoms with E-state index in [2.05, 4.69) is 5.32 Å². The van der Waals surface area contributed by atoms with Crippen LogP contribution in [0.5, 0.6) is 0 Å². The molecule has 8 heteroatoms. The summed E-state index contributed by atoms with van der Waals surface area (Å²) in [6.45, 7) is 5.46. The standard InChI is InChI=1S/C19H25N3O3S2/c1-3-22(4-2)18-11-10-16(27(20,24)25)12-17(18)21-19(23)14-26-13-15-8-6-5-7-9-15/h5-12H,3-4,13-14H2,1-2H3,(H,21,23)(H2,20,24,25). The molecule has 0 saturated carbocycles. The molecule has 146 valence electrons. The molecule has 6 nitrogen and oxygen atoms in total. The van der Waals surface area contributed by atoms with Crippen LogP contribution in [0.4, 0.5) is 11.4 Å². The monoisotopic (exact) mass is 407 g/mol. The first kappa shape index (κ1) is 21.3. The largest absolute Gasteiger partial charge is 0.370 e. The van der Waals surface area contributed by atoms with Gasteiger partial charge in [0.05, 0.1) is 22.0 Å². The van der Waals surface area contributed by atoms with Crippen molar-refractivity contribution in [3.63, 3.8) is 0 Å². The number of sulfonamides is 1. The van der Waals surface area contributed by atoms with Crippen molar-refractivity contribution < 1.29 is 13.2 Å². The molecule has 0 fully saturated rings. The fourth-order valence-corrected chi connectivity index (χ4v) is 3.98. The average molecular weight is 408 g/mol. The van der Waals surface area contributed by atoms with Gasteiger partial charge in [-0.25, -0.2) is 13.6 Å². The molecule has 2 aromatic carbocycles. The summed E-state index contributed by atoms with van der Waals surface area (Å²) < 4.78 is 23.3. The lowest BCUT2D eigenvalue weighted by Gasteiger charge is -2.24. The van der Waals surface area contributed by atoms with E-state index in [0.717, 1.165) is 30.1 Å². The van der Waals surface area contributed by atoms with E-state index in [1.165, 1.54) is 23.9 Å². The molecular formula is C19H25N3O3S2. The fraction of sp³-hybridized carbons (Fsp3) is 0.316. The number of hydrogen-bond acceptors (Lipinski definition) is 5. The highest BCUT2D eigenvalue weighted by atomic mass is 32.2. The highest BCUT2D eigenvalue weighted by molar-refractivity contribution is 7.99. The second-order valence-corrected chi connectivity index (χ2v) is 8.47. The Labute approximate surface area is 165 Å². The van der Waals surface area contributed by atoms with Crippen molar-refractivity contribution in [2.45, 2.75) is 24.5 Å². The summed E-state index contributed by atoms with van der Waals surface area (Å²) in [4.78, 5) is 14.4. The quantitative estimate of drug-likeness (QED) is 0.666. The minimum atomic E-state index is -3.85. The van der Waals surface area contributed by atoms with E-state index < -0.39 is 10.0 Å². The summed E-state index contributed by atoms with van der Waals surface area (Å²) >= 11 is 1.50. The lowest BCUT2D eigenvalue weighted by atomic mass is 10.2. The molecule has 1 amide bonds. The number of carbonyl (C=O) groups is 1. The van der Waals surface area contributed by atoms with Gasteiger partial charge in [-0.15, -0.1) is 11.8 Å². The van der Waals surface area contributed by atoms with Crippen LogP contribution in [0.2, 0.25) is 0 Å². The molecule has 2 aromatic rings.